The van der Waals surface area contributed by atoms with Gasteiger partial charge in [-0.25, -0.2) is 0 Å². The number of nitro groups is 1. The second-order valence-electron chi connectivity index (χ2n) is 6.63. The number of hydrogen-bond acceptors (Lipinski definition) is 8. The number of hydrogen-bond donors (Lipinski definition) is 2. The lowest BCUT2D eigenvalue weighted by Gasteiger charge is -2.14. The van der Waals surface area contributed by atoms with E-state index in [0.29, 0.717) is 15.0 Å². The number of para-hydroxylation sites is 1. The van der Waals surface area contributed by atoms with Crippen molar-refractivity contribution in [2.45, 2.75) is 6.42 Å². The van der Waals surface area contributed by atoms with Crippen molar-refractivity contribution in [3.05, 3.63) is 74.7 Å². The molecule has 0 saturated carbocycles. The molecule has 170 valence electrons. The first-order valence-corrected chi connectivity index (χ1v) is 10.7. The minimum absolute atomic E-state index is 0.0349. The third kappa shape index (κ3) is 5.93. The molecule has 1 saturated heterocycles. The topological polar surface area (TPSA) is 131 Å². The lowest BCUT2D eigenvalue weighted by Crippen LogP contribution is -2.43. The minimum atomic E-state index is -0.636. The Morgan fingerprint density at radius 3 is 2.55 bits per heavy atom. The Kier molecular flexibility index (Phi) is 7.74. The van der Waals surface area contributed by atoms with Gasteiger partial charge < -0.3 is 4.74 Å². The van der Waals surface area contributed by atoms with E-state index in [0.717, 1.165) is 17.3 Å². The fourth-order valence-corrected chi connectivity index (χ4v) is 4.13. The summed E-state index contributed by atoms with van der Waals surface area (Å²) in [6.07, 6.45) is 1.58. The standard InChI is InChI=1S/C21H18N4O6S2/c1-31-16-5-3-2-4-14(16)12-17-20(28)24(21(32)33-17)11-10-18(26)22-23-19(27)13-6-8-15(9-7-13)25(29)30/h2-9,12H,10-11H2,1H3,(H,22,26)(H,23,27). The summed E-state index contributed by atoms with van der Waals surface area (Å²) in [5.74, 6) is -0.874. The molecule has 0 radical (unpaired) electrons. The summed E-state index contributed by atoms with van der Waals surface area (Å²) in [6, 6.07) is 12.1. The zero-order chi connectivity index (χ0) is 24.0. The number of thioether (sulfide) groups is 1. The van der Waals surface area contributed by atoms with Crippen molar-refractivity contribution in [1.29, 1.82) is 0 Å². The van der Waals surface area contributed by atoms with Gasteiger partial charge in [-0.05, 0) is 24.3 Å². The predicted molar refractivity (Wildman–Crippen MR) is 126 cm³/mol. The van der Waals surface area contributed by atoms with E-state index >= 15 is 0 Å². The van der Waals surface area contributed by atoms with Gasteiger partial charge in [-0.15, -0.1) is 0 Å². The summed E-state index contributed by atoms with van der Waals surface area (Å²) in [7, 11) is 1.54. The Labute approximate surface area is 198 Å². The summed E-state index contributed by atoms with van der Waals surface area (Å²) in [5.41, 5.74) is 5.18. The fourth-order valence-electron chi connectivity index (χ4n) is 2.83. The zero-order valence-corrected chi connectivity index (χ0v) is 18.9. The van der Waals surface area contributed by atoms with Crippen LogP contribution in [0.1, 0.15) is 22.3 Å². The van der Waals surface area contributed by atoms with E-state index < -0.39 is 16.7 Å². The molecule has 1 heterocycles. The van der Waals surface area contributed by atoms with Gasteiger partial charge in [0.2, 0.25) is 5.91 Å². The molecule has 1 fully saturated rings. The quantitative estimate of drug-likeness (QED) is 0.264. The van der Waals surface area contributed by atoms with E-state index in [4.69, 9.17) is 17.0 Å². The Balaban J connectivity index is 1.53. The molecule has 1 aliphatic rings. The molecule has 2 aromatic carbocycles. The van der Waals surface area contributed by atoms with Crippen LogP contribution in [0.3, 0.4) is 0 Å². The molecule has 33 heavy (non-hydrogen) atoms. The second-order valence-corrected chi connectivity index (χ2v) is 8.31. The number of hydrazine groups is 1. The molecule has 0 aromatic heterocycles. The summed E-state index contributed by atoms with van der Waals surface area (Å²) in [4.78, 5) is 48.7. The first kappa shape index (κ1) is 23.9. The van der Waals surface area contributed by atoms with Gasteiger partial charge in [0.25, 0.3) is 17.5 Å². The molecule has 0 bridgehead atoms. The molecular formula is C21H18N4O6S2. The smallest absolute Gasteiger partial charge is 0.269 e. The third-order valence-corrected chi connectivity index (χ3v) is 5.90. The summed E-state index contributed by atoms with van der Waals surface area (Å²) in [5, 5.41) is 10.7. The first-order valence-electron chi connectivity index (χ1n) is 9.52. The maximum atomic E-state index is 12.7. The predicted octanol–water partition coefficient (Wildman–Crippen LogP) is 2.66. The third-order valence-electron chi connectivity index (χ3n) is 4.52. The first-order chi connectivity index (χ1) is 15.8. The van der Waals surface area contributed by atoms with Gasteiger partial charge in [-0.1, -0.05) is 42.2 Å². The fraction of sp³-hybridized carbons (Fsp3) is 0.143. The maximum Gasteiger partial charge on any atom is 0.269 e. The second kappa shape index (κ2) is 10.7. The summed E-state index contributed by atoms with van der Waals surface area (Å²) >= 11 is 6.40. The van der Waals surface area contributed by atoms with Gasteiger partial charge in [-0.3, -0.25) is 40.2 Å². The molecule has 3 amide bonds. The highest BCUT2D eigenvalue weighted by atomic mass is 32.2. The lowest BCUT2D eigenvalue weighted by molar-refractivity contribution is -0.384. The number of benzene rings is 2. The van der Waals surface area contributed by atoms with Crippen molar-refractivity contribution in [3.8, 4) is 5.75 Å². The molecule has 10 nitrogen and oxygen atoms in total. The summed E-state index contributed by atoms with van der Waals surface area (Å²) < 4.78 is 5.61. The van der Waals surface area contributed by atoms with Crippen LogP contribution < -0.4 is 15.6 Å². The molecule has 0 unspecified atom stereocenters. The van der Waals surface area contributed by atoms with Crippen LogP contribution in [0, 0.1) is 10.1 Å². The molecule has 0 aliphatic carbocycles. The number of amides is 3. The van der Waals surface area contributed by atoms with E-state index in [1.165, 1.54) is 36.3 Å². The SMILES string of the molecule is COc1ccccc1C=C1SC(=S)N(CCC(=O)NNC(=O)c2ccc([N+](=O)[O-])cc2)C1=O. The number of nitro benzene ring substituents is 1. The Bertz CT molecular complexity index is 1150. The highest BCUT2D eigenvalue weighted by molar-refractivity contribution is 8.26. The van der Waals surface area contributed by atoms with Gasteiger partial charge in [0.05, 0.1) is 16.9 Å². The van der Waals surface area contributed by atoms with Crippen LogP contribution in [-0.4, -0.2) is 45.5 Å². The molecule has 1 aliphatic heterocycles. The van der Waals surface area contributed by atoms with E-state index in [1.54, 1.807) is 12.1 Å². The van der Waals surface area contributed by atoms with Crippen LogP contribution in [0.5, 0.6) is 5.75 Å². The number of nitrogens with zero attached hydrogens (tertiary/aromatic N) is 2. The van der Waals surface area contributed by atoms with Gasteiger partial charge in [0.1, 0.15) is 10.1 Å². The van der Waals surface area contributed by atoms with Crippen molar-refractivity contribution in [2.24, 2.45) is 0 Å². The van der Waals surface area contributed by atoms with Crippen molar-refractivity contribution in [3.63, 3.8) is 0 Å². The minimum Gasteiger partial charge on any atom is -0.496 e. The number of thiocarbonyl (C=S) groups is 1. The van der Waals surface area contributed by atoms with Gasteiger partial charge in [0, 0.05) is 36.2 Å². The number of carbonyl (C=O) groups is 3. The Morgan fingerprint density at radius 1 is 1.18 bits per heavy atom. The van der Waals surface area contributed by atoms with E-state index in [2.05, 4.69) is 10.9 Å². The largest absolute Gasteiger partial charge is 0.496 e. The van der Waals surface area contributed by atoms with Crippen LogP contribution >= 0.6 is 24.0 Å². The Morgan fingerprint density at radius 2 is 1.88 bits per heavy atom. The zero-order valence-electron chi connectivity index (χ0n) is 17.3. The molecule has 2 N–H and O–H groups in total. The van der Waals surface area contributed by atoms with Crippen molar-refractivity contribution >= 4 is 57.8 Å². The number of carbonyl (C=O) groups excluding carboxylic acids is 3. The van der Waals surface area contributed by atoms with Crippen LogP contribution in [0.2, 0.25) is 0 Å². The lowest BCUT2D eigenvalue weighted by atomic mass is 10.2. The highest BCUT2D eigenvalue weighted by Crippen LogP contribution is 2.34. The Hall–Kier alpha value is -3.77. The van der Waals surface area contributed by atoms with Gasteiger partial charge >= 0.3 is 0 Å². The number of ether oxygens (including phenoxy) is 1. The monoisotopic (exact) mass is 486 g/mol. The molecule has 0 atom stereocenters. The number of nitrogens with one attached hydrogen (secondary N) is 2. The van der Waals surface area contributed by atoms with E-state index in [1.807, 2.05) is 18.2 Å². The maximum absolute atomic E-state index is 12.7. The number of non-ortho nitro benzene ring substituents is 1. The van der Waals surface area contributed by atoms with Crippen LogP contribution in [0.4, 0.5) is 5.69 Å². The average Bonchev–Trinajstić information content (AvgIpc) is 3.08. The number of rotatable bonds is 7. The van der Waals surface area contributed by atoms with Gasteiger partial charge in [0.15, 0.2) is 0 Å². The van der Waals surface area contributed by atoms with Crippen molar-refractivity contribution in [2.75, 3.05) is 13.7 Å². The van der Waals surface area contributed by atoms with Crippen LogP contribution in [0.25, 0.3) is 6.08 Å². The normalized spacial score (nSPS) is 14.3. The van der Waals surface area contributed by atoms with Gasteiger partial charge in [-0.2, -0.15) is 0 Å². The van der Waals surface area contributed by atoms with E-state index in [9.17, 15) is 24.5 Å². The van der Waals surface area contributed by atoms with Crippen LogP contribution in [-0.2, 0) is 9.59 Å². The summed E-state index contributed by atoms with van der Waals surface area (Å²) in [6.45, 7) is 0.0349. The van der Waals surface area contributed by atoms with Crippen molar-refractivity contribution < 1.29 is 24.0 Å². The van der Waals surface area contributed by atoms with E-state index in [-0.39, 0.29) is 30.1 Å². The average molecular weight is 487 g/mol. The molecule has 0 spiro atoms. The molecular weight excluding hydrogens is 468 g/mol. The van der Waals surface area contributed by atoms with Crippen LogP contribution in [0.15, 0.2) is 53.4 Å². The number of methoxy groups -OCH3 is 1. The highest BCUT2D eigenvalue weighted by Gasteiger charge is 2.32. The molecule has 3 rings (SSSR count). The van der Waals surface area contributed by atoms with Crippen molar-refractivity contribution in [1.82, 2.24) is 15.8 Å². The molecule has 12 heteroatoms. The molecule has 2 aromatic rings.